The largest absolute Gasteiger partial charge is 0.394 e. The van der Waals surface area contributed by atoms with Crippen molar-refractivity contribution in [3.8, 4) is 0 Å². The summed E-state index contributed by atoms with van der Waals surface area (Å²) < 4.78 is 0. The van der Waals surface area contributed by atoms with Crippen molar-refractivity contribution >= 4 is 5.91 Å². The SMILES string of the molecule is CCCCCCCCCCCCCCCCCCCCCC(O)CC(O)C(=O)NC(CO)C(O)CCCCCCCCCCCCC. The van der Waals surface area contributed by atoms with Crippen LogP contribution in [0.3, 0.4) is 0 Å². The van der Waals surface area contributed by atoms with Crippen LogP contribution in [0.5, 0.6) is 0 Å². The van der Waals surface area contributed by atoms with Crippen molar-refractivity contribution in [1.82, 2.24) is 5.32 Å². The molecule has 0 aromatic heterocycles. The molecule has 0 aromatic rings. The maximum atomic E-state index is 12.5. The average molecular weight is 670 g/mol. The molecule has 0 fully saturated rings. The number of hydrogen-bond acceptors (Lipinski definition) is 5. The van der Waals surface area contributed by atoms with E-state index in [1.54, 1.807) is 0 Å². The van der Waals surface area contributed by atoms with E-state index in [-0.39, 0.29) is 13.0 Å². The number of amides is 1. The van der Waals surface area contributed by atoms with Gasteiger partial charge in [-0.15, -0.1) is 0 Å². The molecule has 0 aliphatic heterocycles. The first kappa shape index (κ1) is 46.3. The van der Waals surface area contributed by atoms with Crippen molar-refractivity contribution in [1.29, 1.82) is 0 Å². The Balaban J connectivity index is 3.68. The van der Waals surface area contributed by atoms with Gasteiger partial charge in [0.1, 0.15) is 6.10 Å². The monoisotopic (exact) mass is 670 g/mol. The lowest BCUT2D eigenvalue weighted by Crippen LogP contribution is -2.49. The van der Waals surface area contributed by atoms with Crippen LogP contribution < -0.4 is 5.32 Å². The summed E-state index contributed by atoms with van der Waals surface area (Å²) in [6.45, 7) is 4.15. The van der Waals surface area contributed by atoms with E-state index in [1.165, 1.54) is 161 Å². The fourth-order valence-electron chi connectivity index (χ4n) is 6.70. The Hall–Kier alpha value is -0.690. The quantitative estimate of drug-likeness (QED) is 0.0420. The number of unbranched alkanes of at least 4 members (excludes halogenated alkanes) is 28. The Morgan fingerprint density at radius 1 is 0.468 bits per heavy atom. The lowest BCUT2D eigenvalue weighted by molar-refractivity contribution is -0.133. The van der Waals surface area contributed by atoms with Crippen molar-refractivity contribution in [2.75, 3.05) is 6.61 Å². The molecule has 282 valence electrons. The van der Waals surface area contributed by atoms with E-state index < -0.39 is 30.3 Å². The predicted molar refractivity (Wildman–Crippen MR) is 201 cm³/mol. The Morgan fingerprint density at radius 3 is 1.09 bits per heavy atom. The molecule has 0 saturated heterocycles. The standard InChI is InChI=1S/C41H83NO5/c1-3-5-7-9-11-13-15-16-17-18-19-20-21-22-24-25-27-29-31-33-37(44)35-40(46)41(47)42-38(36-43)39(45)34-32-30-28-26-23-14-12-10-8-6-4-2/h37-40,43-46H,3-36H2,1-2H3,(H,42,47). The smallest absolute Gasteiger partial charge is 0.249 e. The molecule has 0 bridgehead atoms. The number of carbonyl (C=O) groups is 1. The molecule has 0 heterocycles. The lowest BCUT2D eigenvalue weighted by atomic mass is 10.0. The molecule has 0 aromatic carbocycles. The summed E-state index contributed by atoms with van der Waals surface area (Å²) in [6, 6.07) is -0.794. The van der Waals surface area contributed by atoms with Gasteiger partial charge in [-0.1, -0.05) is 206 Å². The molecule has 0 rings (SSSR count). The van der Waals surface area contributed by atoms with Crippen molar-refractivity contribution in [2.45, 2.75) is 250 Å². The maximum Gasteiger partial charge on any atom is 0.249 e. The molecule has 0 radical (unpaired) electrons. The minimum atomic E-state index is -1.34. The molecule has 5 N–H and O–H groups in total. The van der Waals surface area contributed by atoms with E-state index in [1.807, 2.05) is 0 Å². The highest BCUT2D eigenvalue weighted by atomic mass is 16.3. The van der Waals surface area contributed by atoms with Crippen molar-refractivity contribution in [3.05, 3.63) is 0 Å². The van der Waals surface area contributed by atoms with Crippen LogP contribution in [0, 0.1) is 0 Å². The summed E-state index contributed by atoms with van der Waals surface area (Å²) in [6.07, 6.45) is 36.9. The number of aliphatic hydroxyl groups is 4. The third-order valence-electron chi connectivity index (χ3n) is 10.0. The second-order valence-electron chi connectivity index (χ2n) is 14.7. The fourth-order valence-corrected chi connectivity index (χ4v) is 6.70. The Bertz CT molecular complexity index is 633. The van der Waals surface area contributed by atoms with Crippen LogP contribution in [0.1, 0.15) is 226 Å². The summed E-state index contributed by atoms with van der Waals surface area (Å²) in [7, 11) is 0. The topological polar surface area (TPSA) is 110 Å². The number of hydrogen-bond donors (Lipinski definition) is 5. The van der Waals surface area contributed by atoms with E-state index >= 15 is 0 Å². The van der Waals surface area contributed by atoms with Crippen molar-refractivity contribution < 1.29 is 25.2 Å². The van der Waals surface area contributed by atoms with Gasteiger partial charge in [0.15, 0.2) is 0 Å². The number of nitrogens with one attached hydrogen (secondary N) is 1. The van der Waals surface area contributed by atoms with Gasteiger partial charge in [-0.05, 0) is 12.8 Å². The maximum absolute atomic E-state index is 12.5. The Morgan fingerprint density at radius 2 is 0.766 bits per heavy atom. The van der Waals surface area contributed by atoms with Gasteiger partial charge in [0, 0.05) is 6.42 Å². The summed E-state index contributed by atoms with van der Waals surface area (Å²) in [4.78, 5) is 12.5. The number of carbonyl (C=O) groups excluding carboxylic acids is 1. The molecule has 47 heavy (non-hydrogen) atoms. The summed E-state index contributed by atoms with van der Waals surface area (Å²) >= 11 is 0. The van der Waals surface area contributed by atoms with Gasteiger partial charge in [-0.3, -0.25) is 4.79 Å². The summed E-state index contributed by atoms with van der Waals surface area (Å²) in [5, 5.41) is 43.4. The minimum Gasteiger partial charge on any atom is -0.394 e. The predicted octanol–water partition coefficient (Wildman–Crippen LogP) is 10.5. The number of rotatable bonds is 38. The number of aliphatic hydroxyl groups excluding tert-OH is 4. The van der Waals surface area contributed by atoms with E-state index in [0.29, 0.717) is 12.8 Å². The average Bonchev–Trinajstić information content (AvgIpc) is 3.06. The van der Waals surface area contributed by atoms with Gasteiger partial charge >= 0.3 is 0 Å². The highest BCUT2D eigenvalue weighted by molar-refractivity contribution is 5.80. The van der Waals surface area contributed by atoms with Crippen LogP contribution in [0.25, 0.3) is 0 Å². The van der Waals surface area contributed by atoms with E-state index in [4.69, 9.17) is 0 Å². The zero-order valence-electron chi connectivity index (χ0n) is 31.5. The molecule has 0 aliphatic rings. The third-order valence-corrected chi connectivity index (χ3v) is 10.0. The van der Waals surface area contributed by atoms with Gasteiger partial charge in [-0.25, -0.2) is 0 Å². The molecule has 0 spiro atoms. The van der Waals surface area contributed by atoms with Crippen LogP contribution in [0.15, 0.2) is 0 Å². The minimum absolute atomic E-state index is 0.0161. The Kier molecular flexibility index (Phi) is 36.0. The van der Waals surface area contributed by atoms with Crippen LogP contribution in [-0.4, -0.2) is 57.3 Å². The molecule has 6 nitrogen and oxygen atoms in total. The van der Waals surface area contributed by atoms with Crippen molar-refractivity contribution in [3.63, 3.8) is 0 Å². The molecule has 6 heteroatoms. The zero-order chi connectivity index (χ0) is 34.6. The summed E-state index contributed by atoms with van der Waals surface area (Å²) in [5.41, 5.74) is 0. The summed E-state index contributed by atoms with van der Waals surface area (Å²) in [5.74, 6) is -0.630. The normalized spacial score (nSPS) is 14.3. The highest BCUT2D eigenvalue weighted by Gasteiger charge is 2.25. The van der Waals surface area contributed by atoms with Gasteiger partial charge in [0.25, 0.3) is 0 Å². The molecule has 4 atom stereocenters. The van der Waals surface area contributed by atoms with E-state index in [2.05, 4.69) is 19.2 Å². The van der Waals surface area contributed by atoms with Gasteiger partial charge in [-0.2, -0.15) is 0 Å². The Labute approximate surface area is 292 Å². The molecule has 0 aliphatic carbocycles. The second kappa shape index (κ2) is 36.6. The lowest BCUT2D eigenvalue weighted by Gasteiger charge is -2.24. The first-order valence-electron chi connectivity index (χ1n) is 20.9. The van der Waals surface area contributed by atoms with Gasteiger partial charge in [0.05, 0.1) is 24.9 Å². The second-order valence-corrected chi connectivity index (χ2v) is 14.7. The fraction of sp³-hybridized carbons (Fsp3) is 0.976. The molecular formula is C41H83NO5. The molecular weight excluding hydrogens is 586 g/mol. The van der Waals surface area contributed by atoms with Crippen LogP contribution in [-0.2, 0) is 4.79 Å². The van der Waals surface area contributed by atoms with Crippen LogP contribution in [0.2, 0.25) is 0 Å². The van der Waals surface area contributed by atoms with Gasteiger partial charge < -0.3 is 25.7 Å². The first-order chi connectivity index (χ1) is 23.0. The first-order valence-corrected chi connectivity index (χ1v) is 20.9. The molecule has 1 amide bonds. The molecule has 4 unspecified atom stereocenters. The highest BCUT2D eigenvalue weighted by Crippen LogP contribution is 2.17. The van der Waals surface area contributed by atoms with E-state index in [0.717, 1.165) is 32.1 Å². The molecule has 0 saturated carbocycles. The van der Waals surface area contributed by atoms with E-state index in [9.17, 15) is 25.2 Å². The third kappa shape index (κ3) is 32.3. The van der Waals surface area contributed by atoms with Gasteiger partial charge in [0.2, 0.25) is 5.91 Å². The van der Waals surface area contributed by atoms with Crippen LogP contribution >= 0.6 is 0 Å². The van der Waals surface area contributed by atoms with Crippen molar-refractivity contribution in [2.24, 2.45) is 0 Å². The van der Waals surface area contributed by atoms with Crippen LogP contribution in [0.4, 0.5) is 0 Å². The zero-order valence-corrected chi connectivity index (χ0v) is 31.5.